The highest BCUT2D eigenvalue weighted by molar-refractivity contribution is 6.39. The molecule has 3 N–H and O–H groups in total. The van der Waals surface area contributed by atoms with Crippen LogP contribution < -0.4 is 11.2 Å². The molecule has 2 aromatic rings. The van der Waals surface area contributed by atoms with E-state index in [9.17, 15) is 14.4 Å². The fourth-order valence-electron chi connectivity index (χ4n) is 2.56. The predicted octanol–water partition coefficient (Wildman–Crippen LogP) is 2.75. The lowest BCUT2D eigenvalue weighted by Gasteiger charge is -2.19. The number of nitrogens with one attached hydrogen (secondary N) is 1. The summed E-state index contributed by atoms with van der Waals surface area (Å²) in [5.74, 6) is 4.97. The molecule has 6 nitrogen and oxygen atoms in total. The number of carbonyl (C=O) groups is 3. The van der Waals surface area contributed by atoms with Crippen LogP contribution in [0.4, 0.5) is 10.5 Å². The highest BCUT2D eigenvalue weighted by Crippen LogP contribution is 2.28. The average molecular weight is 321 g/mol. The first-order valence-electron chi connectivity index (χ1n) is 7.31. The van der Waals surface area contributed by atoms with Crippen LogP contribution in [-0.2, 0) is 0 Å². The first-order chi connectivity index (χ1) is 11.5. The number of benzene rings is 2. The Morgan fingerprint density at radius 2 is 1.42 bits per heavy atom. The van der Waals surface area contributed by atoms with Gasteiger partial charge in [0.2, 0.25) is 0 Å². The van der Waals surface area contributed by atoms with Crippen molar-refractivity contribution in [3.8, 4) is 0 Å². The van der Waals surface area contributed by atoms with Gasteiger partial charge in [-0.3, -0.25) is 9.59 Å². The molecule has 0 aromatic heterocycles. The average Bonchev–Trinajstić information content (AvgIpc) is 2.86. The van der Waals surface area contributed by atoms with Crippen molar-refractivity contribution in [2.24, 2.45) is 5.84 Å². The monoisotopic (exact) mass is 321 g/mol. The smallest absolute Gasteiger partial charge is 0.306 e. The van der Waals surface area contributed by atoms with E-state index < -0.39 is 17.6 Å². The number of rotatable bonds is 2. The van der Waals surface area contributed by atoms with E-state index in [1.54, 1.807) is 48.5 Å². The van der Waals surface area contributed by atoms with Crippen LogP contribution in [0.2, 0.25) is 0 Å². The van der Waals surface area contributed by atoms with Gasteiger partial charge in [0.25, 0.3) is 0 Å². The van der Waals surface area contributed by atoms with E-state index in [1.165, 1.54) is 6.92 Å². The Bertz CT molecular complexity index is 835. The van der Waals surface area contributed by atoms with Crippen molar-refractivity contribution in [2.45, 2.75) is 6.92 Å². The van der Waals surface area contributed by atoms with Gasteiger partial charge in [-0.05, 0) is 19.1 Å². The molecule has 3 rings (SSSR count). The van der Waals surface area contributed by atoms with Gasteiger partial charge in [0, 0.05) is 16.8 Å². The number of fused-ring (bicyclic) bond motifs is 1. The molecule has 0 spiro atoms. The van der Waals surface area contributed by atoms with E-state index >= 15 is 0 Å². The molecule has 0 fully saturated rings. The molecule has 1 aliphatic rings. The van der Waals surface area contributed by atoms with Crippen molar-refractivity contribution in [2.75, 3.05) is 5.32 Å². The topological polar surface area (TPSA) is 92.5 Å². The summed E-state index contributed by atoms with van der Waals surface area (Å²) >= 11 is 0. The normalized spacial score (nSPS) is 12.8. The predicted molar refractivity (Wildman–Crippen MR) is 89.3 cm³/mol. The molecule has 24 heavy (non-hydrogen) atoms. The quantitative estimate of drug-likeness (QED) is 0.292. The minimum absolute atomic E-state index is 0.0816. The number of carbonyl (C=O) groups excluding carboxylic acids is 3. The fraction of sp³-hybridized carbons (Fsp3) is 0.0556. The third-order valence-corrected chi connectivity index (χ3v) is 3.84. The van der Waals surface area contributed by atoms with Crippen LogP contribution >= 0.6 is 0 Å². The fourth-order valence-corrected chi connectivity index (χ4v) is 2.56. The zero-order valence-corrected chi connectivity index (χ0v) is 12.9. The Hall–Kier alpha value is -3.25. The molecule has 0 radical (unpaired) electrons. The SMILES string of the molecule is CC(=C1C(=O)c2ccccc2C1=O)N(N)C(=O)Nc1ccccc1. The van der Waals surface area contributed by atoms with Crippen LogP contribution in [-0.4, -0.2) is 22.6 Å². The largest absolute Gasteiger partial charge is 0.340 e. The number of anilines is 1. The summed E-state index contributed by atoms with van der Waals surface area (Å²) in [6.07, 6.45) is 0. The van der Waals surface area contributed by atoms with Crippen molar-refractivity contribution in [1.82, 2.24) is 5.01 Å². The van der Waals surface area contributed by atoms with Crippen molar-refractivity contribution in [3.05, 3.63) is 77.0 Å². The molecule has 0 aliphatic heterocycles. The molecule has 1 aliphatic carbocycles. The number of hydrogen-bond acceptors (Lipinski definition) is 4. The first kappa shape index (κ1) is 15.6. The summed E-state index contributed by atoms with van der Waals surface area (Å²) < 4.78 is 0. The third-order valence-electron chi connectivity index (χ3n) is 3.84. The summed E-state index contributed by atoms with van der Waals surface area (Å²) in [6.45, 7) is 1.47. The zero-order valence-electron chi connectivity index (χ0n) is 12.9. The Balaban J connectivity index is 1.89. The Labute approximate surface area is 138 Å². The van der Waals surface area contributed by atoms with E-state index in [4.69, 9.17) is 5.84 Å². The second-order valence-corrected chi connectivity index (χ2v) is 5.33. The summed E-state index contributed by atoms with van der Waals surface area (Å²) in [5.41, 5.74) is 1.24. The maximum atomic E-state index is 12.4. The molecular weight excluding hydrogens is 306 g/mol. The molecule has 0 unspecified atom stereocenters. The Kier molecular flexibility index (Phi) is 3.97. The highest BCUT2D eigenvalue weighted by atomic mass is 16.2. The summed E-state index contributed by atoms with van der Waals surface area (Å²) in [6, 6.07) is 14.7. The number of urea groups is 1. The van der Waals surface area contributed by atoms with Gasteiger partial charge >= 0.3 is 6.03 Å². The number of ketones is 2. The summed E-state index contributed by atoms with van der Waals surface area (Å²) in [5, 5.41) is 3.38. The van der Waals surface area contributed by atoms with Crippen molar-refractivity contribution >= 4 is 23.3 Å². The molecule has 120 valence electrons. The van der Waals surface area contributed by atoms with E-state index in [-0.39, 0.29) is 11.3 Å². The van der Waals surface area contributed by atoms with Crippen LogP contribution in [0.25, 0.3) is 0 Å². The Morgan fingerprint density at radius 1 is 0.917 bits per heavy atom. The maximum Gasteiger partial charge on any atom is 0.340 e. The van der Waals surface area contributed by atoms with Gasteiger partial charge in [-0.15, -0.1) is 0 Å². The van der Waals surface area contributed by atoms with Crippen LogP contribution in [0.15, 0.2) is 65.9 Å². The number of Topliss-reactive ketones (excluding diaryl/α,β-unsaturated/α-hetero) is 2. The molecule has 0 heterocycles. The van der Waals surface area contributed by atoms with Crippen LogP contribution in [0.3, 0.4) is 0 Å². The standard InChI is InChI=1S/C18H15N3O3/c1-11(21(19)18(24)20-12-7-3-2-4-8-12)15-16(22)13-9-5-6-10-14(13)17(15)23/h2-10H,19H2,1H3,(H,20,24). The molecule has 6 heteroatoms. The minimum atomic E-state index is -0.636. The van der Waals surface area contributed by atoms with Gasteiger partial charge in [-0.25, -0.2) is 15.6 Å². The van der Waals surface area contributed by atoms with Crippen LogP contribution in [0.1, 0.15) is 27.6 Å². The molecule has 0 atom stereocenters. The second-order valence-electron chi connectivity index (χ2n) is 5.33. The van der Waals surface area contributed by atoms with Crippen molar-refractivity contribution in [3.63, 3.8) is 0 Å². The number of hydrogen-bond donors (Lipinski definition) is 2. The molecule has 0 saturated carbocycles. The number of para-hydroxylation sites is 1. The number of hydrazine groups is 1. The molecule has 0 bridgehead atoms. The number of amides is 2. The summed E-state index contributed by atoms with van der Waals surface area (Å²) in [4.78, 5) is 37.1. The number of nitrogens with zero attached hydrogens (tertiary/aromatic N) is 1. The molecule has 2 amide bonds. The van der Waals surface area contributed by atoms with Crippen LogP contribution in [0.5, 0.6) is 0 Å². The second kappa shape index (κ2) is 6.10. The Morgan fingerprint density at radius 3 is 1.96 bits per heavy atom. The highest BCUT2D eigenvalue weighted by Gasteiger charge is 2.36. The van der Waals surface area contributed by atoms with Gasteiger partial charge < -0.3 is 5.32 Å². The zero-order chi connectivity index (χ0) is 17.3. The number of nitrogens with two attached hydrogens (primary N) is 1. The van der Waals surface area contributed by atoms with Crippen LogP contribution in [0, 0.1) is 0 Å². The maximum absolute atomic E-state index is 12.4. The van der Waals surface area contributed by atoms with Crippen molar-refractivity contribution in [1.29, 1.82) is 0 Å². The van der Waals surface area contributed by atoms with Gasteiger partial charge in [0.05, 0.1) is 11.3 Å². The van der Waals surface area contributed by atoms with Gasteiger partial charge in [0.1, 0.15) is 0 Å². The number of allylic oxidation sites excluding steroid dienone is 2. The molecular formula is C18H15N3O3. The van der Waals surface area contributed by atoms with Gasteiger partial charge in [-0.2, -0.15) is 0 Å². The van der Waals surface area contributed by atoms with Gasteiger partial charge in [0.15, 0.2) is 11.6 Å². The van der Waals surface area contributed by atoms with Crippen molar-refractivity contribution < 1.29 is 14.4 Å². The van der Waals surface area contributed by atoms with E-state index in [0.717, 1.165) is 5.01 Å². The van der Waals surface area contributed by atoms with E-state index in [0.29, 0.717) is 16.8 Å². The lowest BCUT2D eigenvalue weighted by molar-refractivity contribution is 0.0984. The molecule has 0 saturated heterocycles. The summed E-state index contributed by atoms with van der Waals surface area (Å²) in [7, 11) is 0. The van der Waals surface area contributed by atoms with E-state index in [2.05, 4.69) is 5.32 Å². The molecule has 2 aromatic carbocycles. The van der Waals surface area contributed by atoms with Gasteiger partial charge in [-0.1, -0.05) is 42.5 Å². The minimum Gasteiger partial charge on any atom is -0.306 e. The lowest BCUT2D eigenvalue weighted by Crippen LogP contribution is -2.40. The first-order valence-corrected chi connectivity index (χ1v) is 7.31. The lowest BCUT2D eigenvalue weighted by atomic mass is 10.1. The third kappa shape index (κ3) is 2.59. The van der Waals surface area contributed by atoms with E-state index in [1.807, 2.05) is 6.07 Å².